The van der Waals surface area contributed by atoms with E-state index in [1.165, 1.54) is 0 Å². The summed E-state index contributed by atoms with van der Waals surface area (Å²) in [5.74, 6) is 5.71. The van der Waals surface area contributed by atoms with Gasteiger partial charge >= 0.3 is 5.97 Å². The number of amides is 1. The molecule has 0 aromatic carbocycles. The summed E-state index contributed by atoms with van der Waals surface area (Å²) in [5, 5.41) is 18.9. The molecule has 0 aromatic rings. The zero-order chi connectivity index (χ0) is 20.1. The second kappa shape index (κ2) is 13.4. The number of likely N-dealkylation sites (tertiary alicyclic amines) is 1. The third kappa shape index (κ3) is 9.63. The molecule has 27 heavy (non-hydrogen) atoms. The molecule has 1 aliphatic rings. The summed E-state index contributed by atoms with van der Waals surface area (Å²) in [6.07, 6.45) is 10.8. The van der Waals surface area contributed by atoms with Crippen LogP contribution in [0.3, 0.4) is 0 Å². The van der Waals surface area contributed by atoms with Gasteiger partial charge in [-0.2, -0.15) is 0 Å². The lowest BCUT2D eigenvalue weighted by atomic mass is 9.99. The smallest absolute Gasteiger partial charge is 0.303 e. The largest absolute Gasteiger partial charge is 0.481 e. The Kier molecular flexibility index (Phi) is 11.5. The van der Waals surface area contributed by atoms with Gasteiger partial charge < -0.3 is 15.1 Å². The molecular weight excluding hydrogens is 342 g/mol. The van der Waals surface area contributed by atoms with Crippen molar-refractivity contribution in [2.45, 2.75) is 90.2 Å². The number of unbranched alkanes of at least 4 members (excludes halogenated alkanes) is 4. The van der Waals surface area contributed by atoms with Crippen molar-refractivity contribution in [2.24, 2.45) is 5.92 Å². The van der Waals surface area contributed by atoms with Gasteiger partial charge in [0.05, 0.1) is 12.1 Å². The molecule has 5 nitrogen and oxygen atoms in total. The van der Waals surface area contributed by atoms with Crippen molar-refractivity contribution < 1.29 is 19.8 Å². The summed E-state index contributed by atoms with van der Waals surface area (Å²) in [5.41, 5.74) is 0. The molecule has 0 unspecified atom stereocenters. The molecule has 0 aliphatic carbocycles. The van der Waals surface area contributed by atoms with E-state index >= 15 is 0 Å². The van der Waals surface area contributed by atoms with E-state index in [2.05, 4.69) is 18.8 Å². The Morgan fingerprint density at radius 1 is 1.30 bits per heavy atom. The number of hydrogen-bond acceptors (Lipinski definition) is 3. The van der Waals surface area contributed by atoms with Gasteiger partial charge in [0.15, 0.2) is 0 Å². The molecule has 1 aliphatic heterocycles. The molecule has 1 saturated heterocycles. The first-order valence-corrected chi connectivity index (χ1v) is 10.3. The van der Waals surface area contributed by atoms with Gasteiger partial charge in [0.25, 0.3) is 0 Å². The van der Waals surface area contributed by atoms with Gasteiger partial charge in [-0.25, -0.2) is 0 Å². The van der Waals surface area contributed by atoms with Crippen LogP contribution in [-0.4, -0.2) is 45.7 Å². The fraction of sp³-hybridized carbons (Fsp3) is 0.727. The Balaban J connectivity index is 2.38. The molecule has 0 spiro atoms. The van der Waals surface area contributed by atoms with Crippen molar-refractivity contribution in [3.05, 3.63) is 12.2 Å². The number of hydrogen-bond donors (Lipinski definition) is 2. The number of aliphatic hydroxyl groups is 1. The number of aliphatic carboxylic acids is 1. The minimum atomic E-state index is -0.751. The van der Waals surface area contributed by atoms with Crippen LogP contribution in [0.15, 0.2) is 12.2 Å². The monoisotopic (exact) mass is 377 g/mol. The van der Waals surface area contributed by atoms with Crippen LogP contribution < -0.4 is 0 Å². The highest BCUT2D eigenvalue weighted by atomic mass is 16.4. The van der Waals surface area contributed by atoms with E-state index in [9.17, 15) is 14.7 Å². The molecule has 0 aromatic heterocycles. The number of carboxylic acid groups (broad SMARTS) is 1. The van der Waals surface area contributed by atoms with Crippen LogP contribution in [0, 0.1) is 17.8 Å². The third-order valence-electron chi connectivity index (χ3n) is 4.95. The first-order valence-electron chi connectivity index (χ1n) is 10.3. The number of rotatable bonds is 12. The summed E-state index contributed by atoms with van der Waals surface area (Å²) in [7, 11) is 0. The molecule has 1 rings (SSSR count). The molecule has 3 atom stereocenters. The minimum absolute atomic E-state index is 0.0598. The first kappa shape index (κ1) is 23.2. The fourth-order valence-electron chi connectivity index (χ4n) is 3.16. The van der Waals surface area contributed by atoms with Gasteiger partial charge in [-0.05, 0) is 31.6 Å². The summed E-state index contributed by atoms with van der Waals surface area (Å²) >= 11 is 0. The SMILES string of the molecule is CCCC#CC[C@@H](C)[C@H](O)C=C[C@H]1CCC(=O)N1CCCCCCC(=O)O. The van der Waals surface area contributed by atoms with Crippen LogP contribution in [0.5, 0.6) is 0 Å². The maximum absolute atomic E-state index is 12.1. The average molecular weight is 378 g/mol. The van der Waals surface area contributed by atoms with Crippen molar-refractivity contribution in [1.82, 2.24) is 4.90 Å². The minimum Gasteiger partial charge on any atom is -0.481 e. The van der Waals surface area contributed by atoms with Gasteiger partial charge in [-0.1, -0.05) is 38.8 Å². The Morgan fingerprint density at radius 3 is 2.74 bits per heavy atom. The lowest BCUT2D eigenvalue weighted by Crippen LogP contribution is -2.33. The zero-order valence-corrected chi connectivity index (χ0v) is 16.8. The van der Waals surface area contributed by atoms with E-state index in [0.717, 1.165) is 38.5 Å². The maximum Gasteiger partial charge on any atom is 0.303 e. The number of nitrogens with zero attached hydrogens (tertiary/aromatic N) is 1. The van der Waals surface area contributed by atoms with Crippen molar-refractivity contribution in [2.75, 3.05) is 6.54 Å². The van der Waals surface area contributed by atoms with Crippen molar-refractivity contribution in [1.29, 1.82) is 0 Å². The summed E-state index contributed by atoms with van der Waals surface area (Å²) in [6.45, 7) is 4.79. The molecule has 152 valence electrons. The highest BCUT2D eigenvalue weighted by Gasteiger charge is 2.28. The number of carboxylic acids is 1. The third-order valence-corrected chi connectivity index (χ3v) is 4.95. The van der Waals surface area contributed by atoms with Gasteiger partial charge in [-0.15, -0.1) is 11.8 Å². The van der Waals surface area contributed by atoms with Crippen LogP contribution in [0.25, 0.3) is 0 Å². The Bertz CT molecular complexity index is 546. The quantitative estimate of drug-likeness (QED) is 0.308. The van der Waals surface area contributed by atoms with E-state index in [0.29, 0.717) is 25.8 Å². The predicted octanol–water partition coefficient (Wildman–Crippen LogP) is 3.76. The topological polar surface area (TPSA) is 77.8 Å². The van der Waals surface area contributed by atoms with Gasteiger partial charge in [0.2, 0.25) is 5.91 Å². The van der Waals surface area contributed by atoms with E-state index in [4.69, 9.17) is 5.11 Å². The summed E-state index contributed by atoms with van der Waals surface area (Å²) < 4.78 is 0. The van der Waals surface area contributed by atoms with Gasteiger partial charge in [0.1, 0.15) is 0 Å². The number of aliphatic hydroxyl groups excluding tert-OH is 1. The molecular formula is C22H35NO4. The second-order valence-corrected chi connectivity index (χ2v) is 7.41. The highest BCUT2D eigenvalue weighted by molar-refractivity contribution is 5.79. The Hall–Kier alpha value is -1.80. The first-order chi connectivity index (χ1) is 13.0. The summed E-state index contributed by atoms with van der Waals surface area (Å²) in [4.78, 5) is 24.5. The Labute approximate surface area is 163 Å². The maximum atomic E-state index is 12.1. The molecule has 2 N–H and O–H groups in total. The molecule has 0 bridgehead atoms. The molecule has 1 heterocycles. The van der Waals surface area contributed by atoms with Crippen LogP contribution in [0.1, 0.15) is 78.1 Å². The molecule has 1 fully saturated rings. The Morgan fingerprint density at radius 2 is 2.04 bits per heavy atom. The van der Waals surface area contributed by atoms with Crippen molar-refractivity contribution in [3.8, 4) is 11.8 Å². The predicted molar refractivity (Wildman–Crippen MR) is 107 cm³/mol. The van der Waals surface area contributed by atoms with Crippen LogP contribution >= 0.6 is 0 Å². The zero-order valence-electron chi connectivity index (χ0n) is 16.8. The average Bonchev–Trinajstić information content (AvgIpc) is 2.99. The van der Waals surface area contributed by atoms with Gasteiger partial charge in [-0.3, -0.25) is 9.59 Å². The number of carbonyl (C=O) groups is 2. The van der Waals surface area contributed by atoms with Crippen molar-refractivity contribution in [3.63, 3.8) is 0 Å². The normalized spacial score (nSPS) is 19.1. The van der Waals surface area contributed by atoms with E-state index < -0.39 is 12.1 Å². The molecule has 0 radical (unpaired) electrons. The lowest BCUT2D eigenvalue weighted by Gasteiger charge is -2.23. The van der Waals surface area contributed by atoms with Gasteiger partial charge in [0, 0.05) is 32.2 Å². The molecule has 1 amide bonds. The standard InChI is InChI=1S/C22H35NO4/c1-3-4-5-8-11-18(2)20(24)15-13-19-14-16-21(25)23(19)17-10-7-6-9-12-22(26)27/h13,15,18-20,24H,3-4,6-7,9-12,14,16-17H2,1-2H3,(H,26,27)/t18-,19+,20-/m1/s1. The highest BCUT2D eigenvalue weighted by Crippen LogP contribution is 2.21. The second-order valence-electron chi connectivity index (χ2n) is 7.41. The fourth-order valence-corrected chi connectivity index (χ4v) is 3.16. The summed E-state index contributed by atoms with van der Waals surface area (Å²) in [6, 6.07) is 0.0598. The van der Waals surface area contributed by atoms with Crippen molar-refractivity contribution >= 4 is 11.9 Å². The molecule has 0 saturated carbocycles. The molecule has 5 heteroatoms. The van der Waals surface area contributed by atoms with Crippen LogP contribution in [0.4, 0.5) is 0 Å². The lowest BCUT2D eigenvalue weighted by molar-refractivity contribution is -0.137. The van der Waals surface area contributed by atoms with Crippen LogP contribution in [0.2, 0.25) is 0 Å². The van der Waals surface area contributed by atoms with Crippen LogP contribution in [-0.2, 0) is 9.59 Å². The van der Waals surface area contributed by atoms with E-state index in [-0.39, 0.29) is 24.3 Å². The van der Waals surface area contributed by atoms with E-state index in [1.54, 1.807) is 0 Å². The number of carbonyl (C=O) groups excluding carboxylic acids is 1. The van der Waals surface area contributed by atoms with E-state index in [1.807, 2.05) is 24.0 Å².